The fourth-order valence-corrected chi connectivity index (χ4v) is 1.82. The fraction of sp³-hybridized carbons (Fsp3) is 1.00. The Morgan fingerprint density at radius 2 is 1.64 bits per heavy atom. The summed E-state index contributed by atoms with van der Waals surface area (Å²) in [7, 11) is 4.99. The predicted octanol–water partition coefficient (Wildman–Crippen LogP) is 1.09. The molecule has 4 heteroatoms. The summed E-state index contributed by atoms with van der Waals surface area (Å²) in [5, 5.41) is 0. The smallest absolute Gasteiger partial charge is 0.114 e. The Hall–Kier alpha value is -0.160. The molecule has 1 aliphatic rings. The molecule has 0 bridgehead atoms. The third-order valence-corrected chi connectivity index (χ3v) is 2.42. The monoisotopic (exact) mass is 206 g/mol. The van der Waals surface area contributed by atoms with Crippen LogP contribution in [0.1, 0.15) is 14.4 Å². The second-order valence-corrected chi connectivity index (χ2v) is 3.24. The van der Waals surface area contributed by atoms with Gasteiger partial charge in [-0.25, -0.2) is 0 Å². The molecule has 0 amide bonds. The Balaban J connectivity index is 0.00000169. The number of hydrogen-bond acceptors (Lipinski definition) is 4. The summed E-state index contributed by atoms with van der Waals surface area (Å²) < 4.78 is 21.3. The minimum absolute atomic E-state index is 0. The van der Waals surface area contributed by atoms with E-state index in [0.717, 1.165) is 0 Å². The van der Waals surface area contributed by atoms with Crippen LogP contribution in [-0.2, 0) is 18.9 Å². The van der Waals surface area contributed by atoms with E-state index < -0.39 is 0 Å². The summed E-state index contributed by atoms with van der Waals surface area (Å²) in [5.41, 5.74) is 0. The average molecular weight is 206 g/mol. The molecule has 1 fully saturated rings. The number of ether oxygens (including phenoxy) is 4. The molecule has 1 saturated heterocycles. The maximum absolute atomic E-state index is 5.63. The molecule has 4 nitrogen and oxygen atoms in total. The van der Waals surface area contributed by atoms with E-state index in [0.29, 0.717) is 6.61 Å². The van der Waals surface area contributed by atoms with Crippen LogP contribution in [0.25, 0.3) is 0 Å². The van der Waals surface area contributed by atoms with E-state index in [2.05, 4.69) is 0 Å². The van der Waals surface area contributed by atoms with Crippen molar-refractivity contribution in [3.8, 4) is 0 Å². The van der Waals surface area contributed by atoms with Gasteiger partial charge in [0.1, 0.15) is 18.3 Å². The van der Waals surface area contributed by atoms with Crippen molar-refractivity contribution in [1.29, 1.82) is 0 Å². The van der Waals surface area contributed by atoms with Crippen LogP contribution in [-0.4, -0.2) is 52.4 Å². The van der Waals surface area contributed by atoms with Crippen LogP contribution in [0.2, 0.25) is 0 Å². The number of hydrogen-bond donors (Lipinski definition) is 0. The van der Waals surface area contributed by atoms with Gasteiger partial charge in [0.25, 0.3) is 0 Å². The fourth-order valence-electron chi connectivity index (χ4n) is 1.82. The zero-order valence-electron chi connectivity index (χ0n) is 8.65. The quantitative estimate of drug-likeness (QED) is 0.690. The average Bonchev–Trinajstić information content (AvgIpc) is 2.41. The van der Waals surface area contributed by atoms with Crippen molar-refractivity contribution in [2.24, 2.45) is 0 Å². The van der Waals surface area contributed by atoms with Gasteiger partial charge in [-0.3, -0.25) is 0 Å². The standard InChI is InChI=1S/C9H18O4.CH4/c1-6-8(11-3)9(12-4)7(13-6)5-10-2;/h6-9H,5H2,1-4H3;1H4/t6-,7?,8-,9+;/m0./s1. The van der Waals surface area contributed by atoms with Crippen LogP contribution in [0, 0.1) is 0 Å². The molecule has 0 aromatic heterocycles. The lowest BCUT2D eigenvalue weighted by Crippen LogP contribution is -2.37. The van der Waals surface area contributed by atoms with Gasteiger partial charge in [0, 0.05) is 21.3 Å². The molecule has 0 aliphatic carbocycles. The Morgan fingerprint density at radius 3 is 2.07 bits per heavy atom. The van der Waals surface area contributed by atoms with Gasteiger partial charge in [-0.05, 0) is 6.92 Å². The van der Waals surface area contributed by atoms with Crippen molar-refractivity contribution in [2.45, 2.75) is 38.8 Å². The summed E-state index contributed by atoms with van der Waals surface area (Å²) in [4.78, 5) is 0. The van der Waals surface area contributed by atoms with Crippen molar-refractivity contribution in [1.82, 2.24) is 0 Å². The first-order chi connectivity index (χ1) is 6.24. The van der Waals surface area contributed by atoms with Crippen molar-refractivity contribution >= 4 is 0 Å². The maximum atomic E-state index is 5.63. The van der Waals surface area contributed by atoms with Crippen LogP contribution in [0.3, 0.4) is 0 Å². The molecular formula is C10H22O4. The molecule has 0 N–H and O–H groups in total. The molecule has 1 unspecified atom stereocenters. The number of methoxy groups -OCH3 is 3. The molecule has 1 aliphatic heterocycles. The van der Waals surface area contributed by atoms with Crippen LogP contribution in [0.15, 0.2) is 0 Å². The van der Waals surface area contributed by atoms with Crippen LogP contribution < -0.4 is 0 Å². The van der Waals surface area contributed by atoms with Gasteiger partial charge >= 0.3 is 0 Å². The lowest BCUT2D eigenvalue weighted by atomic mass is 10.1. The van der Waals surface area contributed by atoms with Gasteiger partial charge in [0.15, 0.2) is 0 Å². The SMILES string of the molecule is C.COCC1O[C@@H](C)[C@H](OC)[C@@H]1OC. The van der Waals surface area contributed by atoms with Gasteiger partial charge in [0.2, 0.25) is 0 Å². The van der Waals surface area contributed by atoms with Crippen molar-refractivity contribution in [3.05, 3.63) is 0 Å². The zero-order valence-corrected chi connectivity index (χ0v) is 8.65. The minimum Gasteiger partial charge on any atom is -0.382 e. The second-order valence-electron chi connectivity index (χ2n) is 3.24. The zero-order chi connectivity index (χ0) is 9.84. The van der Waals surface area contributed by atoms with E-state index >= 15 is 0 Å². The molecule has 1 rings (SSSR count). The van der Waals surface area contributed by atoms with Gasteiger partial charge in [-0.2, -0.15) is 0 Å². The van der Waals surface area contributed by atoms with Crippen molar-refractivity contribution < 1.29 is 18.9 Å². The Kier molecular flexibility index (Phi) is 6.27. The van der Waals surface area contributed by atoms with Gasteiger partial charge in [-0.1, -0.05) is 7.43 Å². The van der Waals surface area contributed by atoms with Crippen LogP contribution in [0.5, 0.6) is 0 Å². The minimum atomic E-state index is -0.0278. The van der Waals surface area contributed by atoms with Crippen molar-refractivity contribution in [3.63, 3.8) is 0 Å². The molecule has 1 heterocycles. The van der Waals surface area contributed by atoms with E-state index in [-0.39, 0.29) is 31.8 Å². The highest BCUT2D eigenvalue weighted by atomic mass is 16.6. The summed E-state index contributed by atoms with van der Waals surface area (Å²) in [6.45, 7) is 2.53. The largest absolute Gasteiger partial charge is 0.382 e. The topological polar surface area (TPSA) is 36.9 Å². The molecule has 0 radical (unpaired) electrons. The molecule has 86 valence electrons. The summed E-state index contributed by atoms with van der Waals surface area (Å²) >= 11 is 0. The third kappa shape index (κ3) is 2.67. The van der Waals surface area contributed by atoms with Crippen LogP contribution in [0.4, 0.5) is 0 Å². The maximum Gasteiger partial charge on any atom is 0.114 e. The predicted molar refractivity (Wildman–Crippen MR) is 54.5 cm³/mol. The third-order valence-electron chi connectivity index (χ3n) is 2.42. The van der Waals surface area contributed by atoms with E-state index in [4.69, 9.17) is 18.9 Å². The Bertz CT molecular complexity index is 151. The Labute approximate surface area is 86.5 Å². The lowest BCUT2D eigenvalue weighted by molar-refractivity contribution is -0.0471. The van der Waals surface area contributed by atoms with Gasteiger partial charge in [-0.15, -0.1) is 0 Å². The molecule has 0 aromatic rings. The van der Waals surface area contributed by atoms with Gasteiger partial charge in [0.05, 0.1) is 12.7 Å². The molecule has 0 aromatic carbocycles. The van der Waals surface area contributed by atoms with E-state index in [9.17, 15) is 0 Å². The highest BCUT2D eigenvalue weighted by Crippen LogP contribution is 2.25. The molecule has 0 saturated carbocycles. The first-order valence-electron chi connectivity index (χ1n) is 4.44. The van der Waals surface area contributed by atoms with Crippen LogP contribution >= 0.6 is 0 Å². The highest BCUT2D eigenvalue weighted by molar-refractivity contribution is 4.90. The Morgan fingerprint density at radius 1 is 1.07 bits per heavy atom. The summed E-state index contributed by atoms with van der Waals surface area (Å²) in [6.07, 6.45) is 0.0233. The van der Waals surface area contributed by atoms with Crippen molar-refractivity contribution in [2.75, 3.05) is 27.9 Å². The molecular weight excluding hydrogens is 184 g/mol. The molecule has 4 atom stereocenters. The lowest BCUT2D eigenvalue weighted by Gasteiger charge is -2.20. The van der Waals surface area contributed by atoms with E-state index in [1.807, 2.05) is 6.92 Å². The number of rotatable bonds is 4. The van der Waals surface area contributed by atoms with E-state index in [1.54, 1.807) is 21.3 Å². The molecule has 14 heavy (non-hydrogen) atoms. The molecule has 0 spiro atoms. The second kappa shape index (κ2) is 6.35. The summed E-state index contributed by atoms with van der Waals surface area (Å²) in [6, 6.07) is 0. The summed E-state index contributed by atoms with van der Waals surface area (Å²) in [5.74, 6) is 0. The highest BCUT2D eigenvalue weighted by Gasteiger charge is 2.42. The first-order valence-corrected chi connectivity index (χ1v) is 4.44. The normalized spacial score (nSPS) is 36.9. The first kappa shape index (κ1) is 13.8. The van der Waals surface area contributed by atoms with E-state index in [1.165, 1.54) is 0 Å². The van der Waals surface area contributed by atoms with Gasteiger partial charge < -0.3 is 18.9 Å².